The summed E-state index contributed by atoms with van der Waals surface area (Å²) >= 11 is 0. The van der Waals surface area contributed by atoms with Gasteiger partial charge in [-0.15, -0.1) is 0 Å². The van der Waals surface area contributed by atoms with Crippen LogP contribution in [0.2, 0.25) is 0 Å². The van der Waals surface area contributed by atoms with Gasteiger partial charge in [-0.1, -0.05) is 30.3 Å². The van der Waals surface area contributed by atoms with E-state index < -0.39 is 23.2 Å². The largest absolute Gasteiger partial charge is 0.334 e. The summed E-state index contributed by atoms with van der Waals surface area (Å²) in [7, 11) is 0. The molecule has 1 aliphatic rings. The quantitative estimate of drug-likeness (QED) is 0.759. The fourth-order valence-corrected chi connectivity index (χ4v) is 2.73. The number of carbonyl (C=O) groups excluding carboxylic acids is 2. The molecule has 0 saturated heterocycles. The van der Waals surface area contributed by atoms with Crippen LogP contribution in [0.1, 0.15) is 36.4 Å². The molecule has 1 aromatic heterocycles. The molecule has 9 nitrogen and oxygen atoms in total. The SMILES string of the molecule is N#Cc1cn(C2CC2)c(=O)n(CCC(=O)NC(=O)NCc2ccccc2)c1=O. The molecule has 1 aliphatic carbocycles. The van der Waals surface area contributed by atoms with Crippen molar-refractivity contribution in [2.75, 3.05) is 0 Å². The summed E-state index contributed by atoms with van der Waals surface area (Å²) in [4.78, 5) is 48.5. The van der Waals surface area contributed by atoms with Crippen LogP contribution in [-0.4, -0.2) is 21.1 Å². The molecule has 1 fully saturated rings. The van der Waals surface area contributed by atoms with E-state index >= 15 is 0 Å². The van der Waals surface area contributed by atoms with Crippen LogP contribution in [0.25, 0.3) is 0 Å². The number of hydrogen-bond donors (Lipinski definition) is 2. The number of amides is 3. The molecular weight excluding hydrogens is 362 g/mol. The standard InChI is InChI=1S/C19H19N5O4/c20-10-14-12-24(15-6-7-15)19(28)23(17(14)26)9-8-16(25)22-18(27)21-11-13-4-2-1-3-5-13/h1-5,12,15H,6-9,11H2,(H2,21,22,25,27). The highest BCUT2D eigenvalue weighted by atomic mass is 16.2. The number of rotatable bonds is 6. The predicted molar refractivity (Wildman–Crippen MR) is 99.4 cm³/mol. The molecule has 28 heavy (non-hydrogen) atoms. The molecule has 3 rings (SSSR count). The van der Waals surface area contributed by atoms with Crippen LogP contribution in [-0.2, 0) is 17.9 Å². The lowest BCUT2D eigenvalue weighted by Gasteiger charge is -2.10. The lowest BCUT2D eigenvalue weighted by atomic mass is 10.2. The maximum Gasteiger partial charge on any atom is 0.331 e. The van der Waals surface area contributed by atoms with Crippen molar-refractivity contribution >= 4 is 11.9 Å². The van der Waals surface area contributed by atoms with Gasteiger partial charge in [0, 0.05) is 31.7 Å². The third-order valence-corrected chi connectivity index (χ3v) is 4.37. The van der Waals surface area contributed by atoms with Gasteiger partial charge in [-0.25, -0.2) is 9.59 Å². The smallest absolute Gasteiger partial charge is 0.331 e. The van der Waals surface area contributed by atoms with Crippen LogP contribution >= 0.6 is 0 Å². The van der Waals surface area contributed by atoms with E-state index in [1.54, 1.807) is 6.07 Å². The molecule has 1 aromatic carbocycles. The number of carbonyl (C=O) groups is 2. The fourth-order valence-electron chi connectivity index (χ4n) is 2.73. The highest BCUT2D eigenvalue weighted by Crippen LogP contribution is 2.33. The molecule has 1 heterocycles. The second-order valence-electron chi connectivity index (χ2n) is 6.50. The molecule has 0 radical (unpaired) electrons. The third kappa shape index (κ3) is 4.54. The Bertz CT molecular complexity index is 1040. The van der Waals surface area contributed by atoms with Crippen LogP contribution in [0.4, 0.5) is 4.79 Å². The molecule has 0 aliphatic heterocycles. The van der Waals surface area contributed by atoms with Gasteiger partial charge >= 0.3 is 11.7 Å². The highest BCUT2D eigenvalue weighted by molar-refractivity contribution is 5.94. The number of nitrogens with zero attached hydrogens (tertiary/aromatic N) is 3. The van der Waals surface area contributed by atoms with Crippen molar-refractivity contribution in [1.29, 1.82) is 5.26 Å². The van der Waals surface area contributed by atoms with Crippen molar-refractivity contribution in [2.24, 2.45) is 0 Å². The summed E-state index contributed by atoms with van der Waals surface area (Å²) in [6.45, 7) is 0.0490. The first-order valence-corrected chi connectivity index (χ1v) is 8.87. The Morgan fingerprint density at radius 3 is 2.54 bits per heavy atom. The van der Waals surface area contributed by atoms with Crippen molar-refractivity contribution in [2.45, 2.75) is 38.4 Å². The first-order chi connectivity index (χ1) is 13.5. The average molecular weight is 381 g/mol. The van der Waals surface area contributed by atoms with E-state index in [1.807, 2.05) is 30.3 Å². The zero-order valence-electron chi connectivity index (χ0n) is 15.1. The first kappa shape index (κ1) is 19.1. The topological polar surface area (TPSA) is 126 Å². The van der Waals surface area contributed by atoms with Crippen LogP contribution < -0.4 is 21.9 Å². The van der Waals surface area contributed by atoms with Gasteiger partial charge in [-0.05, 0) is 18.4 Å². The maximum atomic E-state index is 12.4. The summed E-state index contributed by atoms with van der Waals surface area (Å²) in [6.07, 6.45) is 2.65. The predicted octanol–water partition coefficient (Wildman–Crippen LogP) is 0.633. The third-order valence-electron chi connectivity index (χ3n) is 4.37. The molecule has 2 N–H and O–H groups in total. The van der Waals surface area contributed by atoms with Crippen LogP contribution in [0.15, 0.2) is 46.1 Å². The fraction of sp³-hybridized carbons (Fsp3) is 0.316. The van der Waals surface area contributed by atoms with E-state index in [9.17, 15) is 19.2 Å². The van der Waals surface area contributed by atoms with Crippen molar-refractivity contribution < 1.29 is 9.59 Å². The minimum Gasteiger partial charge on any atom is -0.334 e. The lowest BCUT2D eigenvalue weighted by Crippen LogP contribution is -2.43. The Kier molecular flexibility index (Phi) is 5.69. The average Bonchev–Trinajstić information content (AvgIpc) is 3.52. The van der Waals surface area contributed by atoms with Gasteiger partial charge in [-0.3, -0.25) is 24.0 Å². The van der Waals surface area contributed by atoms with E-state index in [0.717, 1.165) is 23.0 Å². The minimum absolute atomic E-state index is 0.0101. The van der Waals surface area contributed by atoms with E-state index in [1.165, 1.54) is 10.8 Å². The Morgan fingerprint density at radius 1 is 1.18 bits per heavy atom. The zero-order valence-corrected chi connectivity index (χ0v) is 15.1. The molecule has 1 saturated carbocycles. The van der Waals surface area contributed by atoms with Crippen molar-refractivity contribution in [3.05, 3.63) is 68.5 Å². The monoisotopic (exact) mass is 381 g/mol. The Morgan fingerprint density at radius 2 is 1.89 bits per heavy atom. The molecule has 144 valence electrons. The number of nitrogens with one attached hydrogen (secondary N) is 2. The van der Waals surface area contributed by atoms with Crippen molar-refractivity contribution in [3.63, 3.8) is 0 Å². The van der Waals surface area contributed by atoms with Gasteiger partial charge in [0.25, 0.3) is 5.56 Å². The van der Waals surface area contributed by atoms with E-state index in [2.05, 4.69) is 10.6 Å². The molecule has 3 amide bonds. The van der Waals surface area contributed by atoms with E-state index in [4.69, 9.17) is 5.26 Å². The number of hydrogen-bond acceptors (Lipinski definition) is 5. The number of benzene rings is 1. The van der Waals surface area contributed by atoms with Crippen LogP contribution in [0.3, 0.4) is 0 Å². The first-order valence-electron chi connectivity index (χ1n) is 8.87. The summed E-state index contributed by atoms with van der Waals surface area (Å²) in [5.74, 6) is -0.628. The van der Waals surface area contributed by atoms with Gasteiger partial charge < -0.3 is 5.32 Å². The van der Waals surface area contributed by atoms with Crippen LogP contribution in [0.5, 0.6) is 0 Å². The Hall–Kier alpha value is -3.67. The maximum absolute atomic E-state index is 12.4. The zero-order chi connectivity index (χ0) is 20.1. The number of aromatic nitrogens is 2. The Labute approximate surface area is 160 Å². The molecule has 0 atom stereocenters. The second-order valence-corrected chi connectivity index (χ2v) is 6.50. The molecule has 9 heteroatoms. The molecular formula is C19H19N5O4. The minimum atomic E-state index is -0.731. The summed E-state index contributed by atoms with van der Waals surface area (Å²) in [6, 6.07) is 10.3. The lowest BCUT2D eigenvalue weighted by molar-refractivity contribution is -0.120. The van der Waals surface area contributed by atoms with E-state index in [0.29, 0.717) is 0 Å². The number of urea groups is 1. The Balaban J connectivity index is 1.59. The van der Waals surface area contributed by atoms with Crippen molar-refractivity contribution in [1.82, 2.24) is 19.8 Å². The molecule has 2 aromatic rings. The summed E-state index contributed by atoms with van der Waals surface area (Å²) in [5.41, 5.74) is -0.545. The highest BCUT2D eigenvalue weighted by Gasteiger charge is 2.27. The summed E-state index contributed by atoms with van der Waals surface area (Å²) < 4.78 is 2.24. The van der Waals surface area contributed by atoms with Gasteiger partial charge in [0.05, 0.1) is 0 Å². The van der Waals surface area contributed by atoms with Crippen molar-refractivity contribution in [3.8, 4) is 6.07 Å². The molecule has 0 spiro atoms. The van der Waals surface area contributed by atoms with Crippen LogP contribution in [0, 0.1) is 11.3 Å². The second kappa shape index (κ2) is 8.35. The van der Waals surface area contributed by atoms with Gasteiger partial charge in [0.2, 0.25) is 5.91 Å². The van der Waals surface area contributed by atoms with Gasteiger partial charge in [-0.2, -0.15) is 5.26 Å². The summed E-state index contributed by atoms with van der Waals surface area (Å²) in [5, 5.41) is 13.8. The number of imide groups is 1. The molecule has 0 unspecified atom stereocenters. The van der Waals surface area contributed by atoms with Gasteiger partial charge in [0.15, 0.2) is 0 Å². The van der Waals surface area contributed by atoms with Gasteiger partial charge in [0.1, 0.15) is 11.6 Å². The molecule has 0 bridgehead atoms. The number of nitriles is 1. The van der Waals surface area contributed by atoms with E-state index in [-0.39, 0.29) is 31.1 Å². The normalized spacial score (nSPS) is 12.8.